The zero-order valence-corrected chi connectivity index (χ0v) is 20.4. The number of aliphatic hydroxyl groups is 1. The van der Waals surface area contributed by atoms with Crippen LogP contribution in [0.25, 0.3) is 11.6 Å². The second kappa shape index (κ2) is 8.39. The van der Waals surface area contributed by atoms with Gasteiger partial charge in [0.15, 0.2) is 0 Å². The van der Waals surface area contributed by atoms with Crippen molar-refractivity contribution in [3.05, 3.63) is 80.6 Å². The molecular formula is C24H25BrClN5O. The van der Waals surface area contributed by atoms with Gasteiger partial charge in [0.2, 0.25) is 0 Å². The molecule has 5 rings (SSSR count). The Bertz CT molecular complexity index is 1200. The normalized spacial score (nSPS) is 20.7. The minimum absolute atomic E-state index is 0.0384. The van der Waals surface area contributed by atoms with Crippen LogP contribution in [0.2, 0.25) is 5.02 Å². The van der Waals surface area contributed by atoms with Crippen LogP contribution in [-0.4, -0.2) is 50.7 Å². The molecule has 2 N–H and O–H groups in total. The fourth-order valence-electron chi connectivity index (χ4n) is 4.86. The number of aromatic nitrogens is 3. The van der Waals surface area contributed by atoms with Gasteiger partial charge in [-0.1, -0.05) is 17.7 Å². The molecule has 1 unspecified atom stereocenters. The van der Waals surface area contributed by atoms with Gasteiger partial charge in [0.25, 0.3) is 0 Å². The highest BCUT2D eigenvalue weighted by molar-refractivity contribution is 9.10. The standard InChI is InChI=1S/C24H25BrClN5O/c1-24(32,21-13-28-14-30(21)2)20-10-15-9-17(26)3-4-18(15)23(31-7-5-27-6-8-31)22-19(20)11-16(25)12-29-22/h3-4,9-14,23,27,32H,5-8H2,1-2H3/t23-,24?/m0/s1. The number of hydrogen-bond acceptors (Lipinski definition) is 5. The number of fused-ring (bicyclic) bond motifs is 2. The highest BCUT2D eigenvalue weighted by atomic mass is 79.9. The molecule has 0 radical (unpaired) electrons. The number of aryl methyl sites for hydroxylation is 1. The fourth-order valence-corrected chi connectivity index (χ4v) is 5.37. The summed E-state index contributed by atoms with van der Waals surface area (Å²) in [7, 11) is 1.89. The second-order valence-electron chi connectivity index (χ2n) is 8.57. The summed E-state index contributed by atoms with van der Waals surface area (Å²) in [4.78, 5) is 11.6. The van der Waals surface area contributed by atoms with E-state index < -0.39 is 5.60 Å². The number of hydrogen-bond donors (Lipinski definition) is 2. The monoisotopic (exact) mass is 513 g/mol. The van der Waals surface area contributed by atoms with Gasteiger partial charge in [-0.3, -0.25) is 9.88 Å². The summed E-state index contributed by atoms with van der Waals surface area (Å²) < 4.78 is 2.72. The van der Waals surface area contributed by atoms with Gasteiger partial charge in [0.1, 0.15) is 5.60 Å². The van der Waals surface area contributed by atoms with Gasteiger partial charge in [-0.15, -0.1) is 0 Å². The molecular weight excluding hydrogens is 490 g/mol. The summed E-state index contributed by atoms with van der Waals surface area (Å²) in [6.07, 6.45) is 7.31. The lowest BCUT2D eigenvalue weighted by atomic mass is 9.85. The molecule has 0 spiro atoms. The smallest absolute Gasteiger partial charge is 0.129 e. The Balaban J connectivity index is 1.79. The first-order valence-corrected chi connectivity index (χ1v) is 11.8. The van der Waals surface area contributed by atoms with E-state index in [1.54, 1.807) is 12.5 Å². The number of nitrogens with zero attached hydrogens (tertiary/aromatic N) is 4. The zero-order chi connectivity index (χ0) is 22.5. The van der Waals surface area contributed by atoms with Crippen LogP contribution in [0.4, 0.5) is 0 Å². The van der Waals surface area contributed by atoms with Crippen LogP contribution < -0.4 is 5.32 Å². The Kier molecular flexibility index (Phi) is 5.72. The fraction of sp³-hybridized carbons (Fsp3) is 0.333. The summed E-state index contributed by atoms with van der Waals surface area (Å²) in [6.45, 7) is 5.50. The largest absolute Gasteiger partial charge is 0.379 e. The minimum atomic E-state index is -1.29. The first-order valence-electron chi connectivity index (χ1n) is 10.7. The van der Waals surface area contributed by atoms with E-state index in [0.717, 1.165) is 58.6 Å². The van der Waals surface area contributed by atoms with Crippen LogP contribution in [0.1, 0.15) is 41.0 Å². The quantitative estimate of drug-likeness (QED) is 0.553. The number of nitrogens with one attached hydrogen (secondary N) is 1. The third-order valence-corrected chi connectivity index (χ3v) is 7.10. The van der Waals surface area contributed by atoms with Crippen LogP contribution >= 0.6 is 27.5 Å². The van der Waals surface area contributed by atoms with Gasteiger partial charge in [0, 0.05) is 54.5 Å². The maximum atomic E-state index is 11.9. The van der Waals surface area contributed by atoms with E-state index >= 15 is 0 Å². The van der Waals surface area contributed by atoms with Crippen LogP contribution in [-0.2, 0) is 12.6 Å². The maximum Gasteiger partial charge on any atom is 0.129 e. The number of benzene rings is 1. The molecule has 2 aliphatic rings. The highest BCUT2D eigenvalue weighted by Crippen LogP contribution is 2.46. The molecule has 0 amide bonds. The van der Waals surface area contributed by atoms with Gasteiger partial charge in [-0.25, -0.2) is 4.98 Å². The molecule has 2 atom stereocenters. The maximum absolute atomic E-state index is 11.9. The predicted molar refractivity (Wildman–Crippen MR) is 130 cm³/mol. The molecule has 6 nitrogen and oxygen atoms in total. The van der Waals surface area contributed by atoms with Crippen molar-refractivity contribution in [2.45, 2.75) is 18.6 Å². The van der Waals surface area contributed by atoms with Crippen LogP contribution in [0, 0.1) is 0 Å². The van der Waals surface area contributed by atoms with Crippen LogP contribution in [0.15, 0.2) is 47.5 Å². The van der Waals surface area contributed by atoms with Crippen LogP contribution in [0.5, 0.6) is 0 Å². The summed E-state index contributed by atoms with van der Waals surface area (Å²) in [5.41, 5.74) is 4.17. The van der Waals surface area contributed by atoms with Crippen LogP contribution in [0.3, 0.4) is 0 Å². The third-order valence-electron chi connectivity index (χ3n) is 6.43. The molecule has 1 saturated heterocycles. The Morgan fingerprint density at radius 1 is 1.22 bits per heavy atom. The molecule has 2 aromatic heterocycles. The third kappa shape index (κ3) is 3.72. The van der Waals surface area contributed by atoms with Crippen molar-refractivity contribution in [1.82, 2.24) is 24.8 Å². The molecule has 1 aromatic carbocycles. The first kappa shape index (κ1) is 21.8. The number of piperazine rings is 1. The van der Waals surface area contributed by atoms with Crippen molar-refractivity contribution in [1.29, 1.82) is 0 Å². The lowest BCUT2D eigenvalue weighted by Crippen LogP contribution is -2.45. The average Bonchev–Trinajstić information content (AvgIpc) is 3.16. The molecule has 32 heavy (non-hydrogen) atoms. The first-order chi connectivity index (χ1) is 15.4. The van der Waals surface area contributed by atoms with Gasteiger partial charge in [-0.2, -0.15) is 0 Å². The van der Waals surface area contributed by atoms with Gasteiger partial charge < -0.3 is 15.0 Å². The van der Waals surface area contributed by atoms with E-state index in [1.807, 2.05) is 36.9 Å². The van der Waals surface area contributed by atoms with E-state index in [1.165, 1.54) is 0 Å². The van der Waals surface area contributed by atoms with E-state index in [-0.39, 0.29) is 6.04 Å². The van der Waals surface area contributed by atoms with Crippen molar-refractivity contribution in [3.8, 4) is 0 Å². The molecule has 1 aliphatic carbocycles. The van der Waals surface area contributed by atoms with E-state index in [0.29, 0.717) is 10.7 Å². The molecule has 0 bridgehead atoms. The van der Waals surface area contributed by atoms with Crippen molar-refractivity contribution in [2.24, 2.45) is 7.05 Å². The Labute approximate surface area is 201 Å². The summed E-state index contributed by atoms with van der Waals surface area (Å²) in [6, 6.07) is 8.03. The summed E-state index contributed by atoms with van der Waals surface area (Å²) >= 11 is 10.0. The number of pyridine rings is 1. The molecule has 3 aromatic rings. The molecule has 8 heteroatoms. The molecule has 166 valence electrons. The number of imidazole rings is 1. The lowest BCUT2D eigenvalue weighted by molar-refractivity contribution is 0.114. The Hall–Kier alpha value is -2.03. The molecule has 1 fully saturated rings. The lowest BCUT2D eigenvalue weighted by Gasteiger charge is -2.36. The van der Waals surface area contributed by atoms with Gasteiger partial charge >= 0.3 is 0 Å². The Morgan fingerprint density at radius 3 is 2.72 bits per heavy atom. The number of rotatable bonds is 3. The topological polar surface area (TPSA) is 66.2 Å². The highest BCUT2D eigenvalue weighted by Gasteiger charge is 2.38. The average molecular weight is 515 g/mol. The SMILES string of the molecule is Cn1cncc1C(C)(O)C1=Cc2cc(Cl)ccc2[C@H](N2CCNCC2)c2ncc(Br)cc21. The molecule has 1 aliphatic heterocycles. The van der Waals surface area contributed by atoms with Crippen molar-refractivity contribution < 1.29 is 5.11 Å². The van der Waals surface area contributed by atoms with Crippen molar-refractivity contribution in [2.75, 3.05) is 26.2 Å². The summed E-state index contributed by atoms with van der Waals surface area (Å²) in [5, 5.41) is 16.0. The number of halogens is 2. The van der Waals surface area contributed by atoms with Crippen molar-refractivity contribution in [3.63, 3.8) is 0 Å². The second-order valence-corrected chi connectivity index (χ2v) is 9.92. The zero-order valence-electron chi connectivity index (χ0n) is 18.0. The molecule has 3 heterocycles. The summed E-state index contributed by atoms with van der Waals surface area (Å²) in [5.74, 6) is 0. The van der Waals surface area contributed by atoms with Crippen molar-refractivity contribution >= 4 is 39.2 Å². The van der Waals surface area contributed by atoms with E-state index in [9.17, 15) is 5.11 Å². The minimum Gasteiger partial charge on any atom is -0.379 e. The van der Waals surface area contributed by atoms with Gasteiger partial charge in [-0.05, 0) is 63.8 Å². The van der Waals surface area contributed by atoms with E-state index in [2.05, 4.69) is 49.3 Å². The Morgan fingerprint density at radius 2 is 2.00 bits per heavy atom. The van der Waals surface area contributed by atoms with E-state index in [4.69, 9.17) is 16.6 Å². The predicted octanol–water partition coefficient (Wildman–Crippen LogP) is 3.99. The molecule has 0 saturated carbocycles. The van der Waals surface area contributed by atoms with Gasteiger partial charge in [0.05, 0.1) is 30.0 Å².